The number of nitrogens with zero attached hydrogens (tertiary/aromatic N) is 1. The van der Waals surface area contributed by atoms with E-state index < -0.39 is 0 Å². The molecule has 17 heavy (non-hydrogen) atoms. The molecule has 0 aliphatic carbocycles. The zero-order valence-electron chi connectivity index (χ0n) is 10.4. The number of para-hydroxylation sites is 2. The molecule has 1 unspecified atom stereocenters. The predicted molar refractivity (Wildman–Crippen MR) is 69.0 cm³/mol. The summed E-state index contributed by atoms with van der Waals surface area (Å²) in [4.78, 5) is 19.2. The first-order valence-corrected chi connectivity index (χ1v) is 6.14. The molecule has 0 aliphatic heterocycles. The largest absolute Gasteiger partial charge is 0.342 e. The van der Waals surface area contributed by atoms with Crippen LogP contribution in [0.25, 0.3) is 11.0 Å². The van der Waals surface area contributed by atoms with Crippen molar-refractivity contribution in [3.05, 3.63) is 30.1 Å². The Hall–Kier alpha value is -1.64. The average Bonchev–Trinajstić information content (AvgIpc) is 2.71. The van der Waals surface area contributed by atoms with Crippen molar-refractivity contribution >= 4 is 16.8 Å². The molecule has 0 spiro atoms. The third-order valence-corrected chi connectivity index (χ3v) is 2.97. The number of fused-ring (bicyclic) bond motifs is 1. The number of carbonyl (C=O) groups is 1. The lowest BCUT2D eigenvalue weighted by molar-refractivity contribution is -0.117. The molecule has 0 saturated heterocycles. The summed E-state index contributed by atoms with van der Waals surface area (Å²) in [5.41, 5.74) is 2.03. The Morgan fingerprint density at radius 3 is 2.82 bits per heavy atom. The van der Waals surface area contributed by atoms with E-state index in [1.165, 1.54) is 0 Å². The minimum Gasteiger partial charge on any atom is -0.342 e. The van der Waals surface area contributed by atoms with Crippen molar-refractivity contribution in [2.45, 2.75) is 39.0 Å². The van der Waals surface area contributed by atoms with Gasteiger partial charge in [0, 0.05) is 12.3 Å². The lowest BCUT2D eigenvalue weighted by Crippen LogP contribution is -2.06. The van der Waals surface area contributed by atoms with Crippen LogP contribution >= 0.6 is 0 Å². The fourth-order valence-electron chi connectivity index (χ4n) is 2.20. The van der Waals surface area contributed by atoms with E-state index in [2.05, 4.69) is 16.9 Å². The molecule has 3 nitrogen and oxygen atoms in total. The van der Waals surface area contributed by atoms with Crippen LogP contribution in [-0.2, 0) is 4.79 Å². The number of Topliss-reactive ketones (excluding diaryl/α,β-unsaturated/α-hetero) is 1. The second-order valence-electron chi connectivity index (χ2n) is 4.53. The minimum absolute atomic E-state index is 0.226. The van der Waals surface area contributed by atoms with Gasteiger partial charge in [-0.3, -0.25) is 0 Å². The summed E-state index contributed by atoms with van der Waals surface area (Å²) in [6, 6.07) is 7.98. The maximum Gasteiger partial charge on any atom is 0.130 e. The first-order chi connectivity index (χ1) is 8.20. The third kappa shape index (κ3) is 2.73. The van der Waals surface area contributed by atoms with Crippen LogP contribution in [0.2, 0.25) is 0 Å². The van der Waals surface area contributed by atoms with E-state index >= 15 is 0 Å². The molecule has 1 aromatic heterocycles. The van der Waals surface area contributed by atoms with Crippen LogP contribution in [0.5, 0.6) is 0 Å². The van der Waals surface area contributed by atoms with Gasteiger partial charge in [0.2, 0.25) is 0 Å². The molecule has 2 aromatic rings. The number of rotatable bonds is 5. The van der Waals surface area contributed by atoms with Crippen LogP contribution in [0, 0.1) is 0 Å². The monoisotopic (exact) mass is 230 g/mol. The van der Waals surface area contributed by atoms with Crippen molar-refractivity contribution in [2.24, 2.45) is 0 Å². The van der Waals surface area contributed by atoms with Gasteiger partial charge >= 0.3 is 0 Å². The molecule has 0 bridgehead atoms. The third-order valence-electron chi connectivity index (χ3n) is 2.97. The lowest BCUT2D eigenvalue weighted by atomic mass is 9.97. The number of aromatic nitrogens is 2. The van der Waals surface area contributed by atoms with Gasteiger partial charge in [-0.25, -0.2) is 4.98 Å². The van der Waals surface area contributed by atoms with Crippen molar-refractivity contribution in [2.75, 3.05) is 0 Å². The molecule has 0 saturated carbocycles. The van der Waals surface area contributed by atoms with Gasteiger partial charge in [-0.05, 0) is 25.5 Å². The molecule has 0 amide bonds. The van der Waals surface area contributed by atoms with Gasteiger partial charge in [0.25, 0.3) is 0 Å². The highest BCUT2D eigenvalue weighted by atomic mass is 16.1. The Bertz CT molecular complexity index is 483. The van der Waals surface area contributed by atoms with Gasteiger partial charge in [0.15, 0.2) is 0 Å². The second kappa shape index (κ2) is 5.13. The van der Waals surface area contributed by atoms with Crippen molar-refractivity contribution in [3.8, 4) is 0 Å². The van der Waals surface area contributed by atoms with Gasteiger partial charge in [0.1, 0.15) is 11.6 Å². The van der Waals surface area contributed by atoms with Crippen molar-refractivity contribution in [1.82, 2.24) is 9.97 Å². The number of nitrogens with one attached hydrogen (secondary N) is 1. The van der Waals surface area contributed by atoms with E-state index in [4.69, 9.17) is 0 Å². The summed E-state index contributed by atoms with van der Waals surface area (Å²) in [6.07, 6.45) is 2.64. The summed E-state index contributed by atoms with van der Waals surface area (Å²) in [7, 11) is 0. The van der Waals surface area contributed by atoms with Gasteiger partial charge in [-0.2, -0.15) is 0 Å². The molecule has 1 atom stereocenters. The smallest absolute Gasteiger partial charge is 0.130 e. The van der Waals surface area contributed by atoms with Gasteiger partial charge in [-0.1, -0.05) is 25.5 Å². The van der Waals surface area contributed by atoms with Crippen LogP contribution in [0.3, 0.4) is 0 Å². The Labute approximate surface area is 101 Å². The average molecular weight is 230 g/mol. The number of imidazole rings is 1. The normalized spacial score (nSPS) is 12.8. The van der Waals surface area contributed by atoms with Crippen molar-refractivity contribution < 1.29 is 4.79 Å². The zero-order valence-corrected chi connectivity index (χ0v) is 10.4. The Morgan fingerprint density at radius 2 is 2.18 bits per heavy atom. The van der Waals surface area contributed by atoms with Crippen molar-refractivity contribution in [3.63, 3.8) is 0 Å². The van der Waals surface area contributed by atoms with E-state index in [-0.39, 0.29) is 11.7 Å². The number of H-pyrrole nitrogens is 1. The van der Waals surface area contributed by atoms with Crippen LogP contribution in [0.15, 0.2) is 24.3 Å². The second-order valence-corrected chi connectivity index (χ2v) is 4.53. The predicted octanol–water partition coefficient (Wildman–Crippen LogP) is 3.43. The zero-order chi connectivity index (χ0) is 12.3. The molecule has 0 radical (unpaired) electrons. The number of ketones is 1. The number of hydrogen-bond donors (Lipinski definition) is 1. The van der Waals surface area contributed by atoms with Gasteiger partial charge < -0.3 is 9.78 Å². The van der Waals surface area contributed by atoms with Crippen LogP contribution < -0.4 is 0 Å². The Morgan fingerprint density at radius 1 is 1.41 bits per heavy atom. The fraction of sp³-hybridized carbons (Fsp3) is 0.429. The molecule has 1 heterocycles. The highest BCUT2D eigenvalue weighted by molar-refractivity contribution is 5.77. The molecule has 0 aliphatic rings. The maximum absolute atomic E-state index is 11.3. The number of benzene rings is 1. The highest BCUT2D eigenvalue weighted by Gasteiger charge is 2.16. The first-order valence-electron chi connectivity index (χ1n) is 6.14. The number of hydrogen-bond acceptors (Lipinski definition) is 2. The molecule has 90 valence electrons. The SMILES string of the molecule is CCCC(CC(C)=O)c1nc2ccccc2[nH]1. The van der Waals surface area contributed by atoms with Crippen LogP contribution in [-0.4, -0.2) is 15.8 Å². The van der Waals surface area contributed by atoms with E-state index in [1.807, 2.05) is 24.3 Å². The molecular formula is C14H18N2O. The Kier molecular flexibility index (Phi) is 3.57. The molecule has 1 N–H and O–H groups in total. The molecule has 3 heteroatoms. The number of carbonyl (C=O) groups excluding carboxylic acids is 1. The number of aromatic amines is 1. The summed E-state index contributed by atoms with van der Waals surface area (Å²) >= 11 is 0. The highest BCUT2D eigenvalue weighted by Crippen LogP contribution is 2.25. The van der Waals surface area contributed by atoms with Gasteiger partial charge in [0.05, 0.1) is 11.0 Å². The quantitative estimate of drug-likeness (QED) is 0.855. The first kappa shape index (κ1) is 11.8. The van der Waals surface area contributed by atoms with E-state index in [1.54, 1.807) is 6.92 Å². The molecule has 2 rings (SSSR count). The van der Waals surface area contributed by atoms with Gasteiger partial charge in [-0.15, -0.1) is 0 Å². The fourth-order valence-corrected chi connectivity index (χ4v) is 2.20. The summed E-state index contributed by atoms with van der Waals surface area (Å²) in [5.74, 6) is 1.40. The molecular weight excluding hydrogens is 212 g/mol. The topological polar surface area (TPSA) is 45.8 Å². The lowest BCUT2D eigenvalue weighted by Gasteiger charge is -2.10. The van der Waals surface area contributed by atoms with Crippen molar-refractivity contribution in [1.29, 1.82) is 0 Å². The molecule has 1 aromatic carbocycles. The van der Waals surface area contributed by atoms with E-state index in [0.29, 0.717) is 6.42 Å². The summed E-state index contributed by atoms with van der Waals surface area (Å²) in [5, 5.41) is 0. The van der Waals surface area contributed by atoms with E-state index in [9.17, 15) is 4.79 Å². The summed E-state index contributed by atoms with van der Waals surface area (Å²) < 4.78 is 0. The Balaban J connectivity index is 2.31. The van der Waals surface area contributed by atoms with Crippen LogP contribution in [0.1, 0.15) is 44.9 Å². The van der Waals surface area contributed by atoms with E-state index in [0.717, 1.165) is 29.7 Å². The molecule has 0 fully saturated rings. The minimum atomic E-state index is 0.226. The standard InChI is InChI=1S/C14H18N2O/c1-3-6-11(9-10(2)17)14-15-12-7-4-5-8-13(12)16-14/h4-5,7-8,11H,3,6,9H2,1-2H3,(H,15,16). The summed E-state index contributed by atoms with van der Waals surface area (Å²) in [6.45, 7) is 3.78. The maximum atomic E-state index is 11.3. The van der Waals surface area contributed by atoms with Crippen LogP contribution in [0.4, 0.5) is 0 Å².